The van der Waals surface area contributed by atoms with Gasteiger partial charge in [-0.25, -0.2) is 4.39 Å². The van der Waals surface area contributed by atoms with Crippen LogP contribution in [-0.2, 0) is 0 Å². The molecule has 8 nitrogen and oxygen atoms in total. The first-order valence-corrected chi connectivity index (χ1v) is 6.78. The highest BCUT2D eigenvalue weighted by molar-refractivity contribution is 5.96. The van der Waals surface area contributed by atoms with Crippen LogP contribution in [0.1, 0.15) is 23.1 Å². The van der Waals surface area contributed by atoms with Gasteiger partial charge < -0.3 is 10.1 Å². The molecule has 0 bridgehead atoms. The Morgan fingerprint density at radius 3 is 2.74 bits per heavy atom. The molecule has 9 heteroatoms. The predicted octanol–water partition coefficient (Wildman–Crippen LogP) is 1.96. The first kappa shape index (κ1) is 16.4. The summed E-state index contributed by atoms with van der Waals surface area (Å²) in [7, 11) is 0. The Bertz CT molecular complexity index is 714. The van der Waals surface area contributed by atoms with Crippen LogP contribution in [0.15, 0.2) is 24.3 Å². The summed E-state index contributed by atoms with van der Waals surface area (Å²) in [6, 6.07) is 5.46. The Hall–Kier alpha value is -2.97. The molecule has 2 N–H and O–H groups in total. The zero-order valence-corrected chi connectivity index (χ0v) is 12.5. The van der Waals surface area contributed by atoms with Crippen LogP contribution in [0.2, 0.25) is 0 Å². The Labute approximate surface area is 130 Å². The summed E-state index contributed by atoms with van der Waals surface area (Å²) in [5.41, 5.74) is -0.424. The van der Waals surface area contributed by atoms with Crippen LogP contribution in [0.5, 0.6) is 5.75 Å². The summed E-state index contributed by atoms with van der Waals surface area (Å²) < 4.78 is 18.3. The number of ether oxygens (including phenoxy) is 1. The van der Waals surface area contributed by atoms with Crippen LogP contribution in [0.3, 0.4) is 0 Å². The summed E-state index contributed by atoms with van der Waals surface area (Å²) in [5.74, 6) is -0.593. The van der Waals surface area contributed by atoms with Crippen molar-refractivity contribution in [3.05, 3.63) is 51.6 Å². The van der Waals surface area contributed by atoms with Gasteiger partial charge in [-0.1, -0.05) is 0 Å². The standard InChI is InChI=1S/C14H15FN4O4/c1-8(23-11-5-3-10(15)4-6-11)7-16-14(20)12-13(19(21)22)9(2)17-18-12/h3-6,8H,7H2,1-2H3,(H,16,20)(H,17,18)/t8-/m1/s1. The van der Waals surface area contributed by atoms with Crippen molar-refractivity contribution in [2.75, 3.05) is 6.54 Å². The average Bonchev–Trinajstić information content (AvgIpc) is 2.89. The zero-order valence-electron chi connectivity index (χ0n) is 12.5. The average molecular weight is 322 g/mol. The second-order valence-corrected chi connectivity index (χ2v) is 4.90. The minimum absolute atomic E-state index is 0.110. The molecule has 1 amide bonds. The fourth-order valence-electron chi connectivity index (χ4n) is 1.91. The van der Waals surface area contributed by atoms with Crippen molar-refractivity contribution in [2.24, 2.45) is 0 Å². The number of amides is 1. The molecular formula is C14H15FN4O4. The van der Waals surface area contributed by atoms with E-state index in [4.69, 9.17) is 4.74 Å². The van der Waals surface area contributed by atoms with Gasteiger partial charge in [0.05, 0.1) is 11.5 Å². The second kappa shape index (κ2) is 6.86. The van der Waals surface area contributed by atoms with Crippen LogP contribution in [-0.4, -0.2) is 33.7 Å². The normalized spacial score (nSPS) is 11.8. The molecule has 0 radical (unpaired) electrons. The number of aromatic amines is 1. The van der Waals surface area contributed by atoms with E-state index in [0.717, 1.165) is 0 Å². The van der Waals surface area contributed by atoms with Crippen LogP contribution in [0, 0.1) is 22.9 Å². The first-order valence-electron chi connectivity index (χ1n) is 6.78. The van der Waals surface area contributed by atoms with Gasteiger partial charge in [0.15, 0.2) is 0 Å². The van der Waals surface area contributed by atoms with E-state index in [-0.39, 0.29) is 29.4 Å². The highest BCUT2D eigenvalue weighted by Gasteiger charge is 2.27. The van der Waals surface area contributed by atoms with E-state index in [2.05, 4.69) is 15.5 Å². The van der Waals surface area contributed by atoms with E-state index in [9.17, 15) is 19.3 Å². The number of hydrogen-bond acceptors (Lipinski definition) is 5. The van der Waals surface area contributed by atoms with Gasteiger partial charge in [0.1, 0.15) is 23.4 Å². The van der Waals surface area contributed by atoms with Crippen LogP contribution < -0.4 is 10.1 Å². The maximum atomic E-state index is 12.8. The lowest BCUT2D eigenvalue weighted by atomic mass is 10.3. The van der Waals surface area contributed by atoms with Gasteiger partial charge in [0.25, 0.3) is 5.91 Å². The minimum atomic E-state index is -0.671. The van der Waals surface area contributed by atoms with Gasteiger partial charge in [-0.3, -0.25) is 20.0 Å². The molecule has 23 heavy (non-hydrogen) atoms. The lowest BCUT2D eigenvalue weighted by Crippen LogP contribution is -2.34. The molecule has 0 saturated carbocycles. The maximum absolute atomic E-state index is 12.8. The Balaban J connectivity index is 1.94. The Kier molecular flexibility index (Phi) is 4.89. The van der Waals surface area contributed by atoms with Gasteiger partial charge in [0.2, 0.25) is 5.69 Å². The van der Waals surface area contributed by atoms with E-state index in [0.29, 0.717) is 5.75 Å². The van der Waals surface area contributed by atoms with Gasteiger partial charge in [-0.15, -0.1) is 0 Å². The summed E-state index contributed by atoms with van der Waals surface area (Å²) in [4.78, 5) is 22.2. The first-order chi connectivity index (χ1) is 10.9. The van der Waals surface area contributed by atoms with Gasteiger partial charge in [0, 0.05) is 0 Å². The number of nitro groups is 1. The van der Waals surface area contributed by atoms with Crippen LogP contribution >= 0.6 is 0 Å². The van der Waals surface area contributed by atoms with Crippen molar-refractivity contribution in [1.29, 1.82) is 0 Å². The molecule has 1 aromatic heterocycles. The number of hydrogen-bond donors (Lipinski definition) is 2. The molecule has 0 spiro atoms. The number of halogens is 1. The minimum Gasteiger partial charge on any atom is -0.489 e. The molecule has 0 aliphatic rings. The molecule has 2 aromatic rings. The van der Waals surface area contributed by atoms with Crippen molar-refractivity contribution in [3.63, 3.8) is 0 Å². The number of nitrogens with one attached hydrogen (secondary N) is 2. The maximum Gasteiger partial charge on any atom is 0.322 e. The number of nitrogens with zero attached hydrogens (tertiary/aromatic N) is 2. The summed E-state index contributed by atoms with van der Waals surface area (Å²) in [6.45, 7) is 3.27. The molecular weight excluding hydrogens is 307 g/mol. The SMILES string of the molecule is Cc1[nH]nc(C(=O)NC[C@@H](C)Oc2ccc(F)cc2)c1[N+](=O)[O-]. The van der Waals surface area contributed by atoms with E-state index >= 15 is 0 Å². The molecule has 0 unspecified atom stereocenters. The number of carbonyl (C=O) groups is 1. The summed E-state index contributed by atoms with van der Waals surface area (Å²) in [5, 5.41) is 19.5. The largest absolute Gasteiger partial charge is 0.489 e. The number of rotatable bonds is 6. The molecule has 1 aromatic carbocycles. The number of benzene rings is 1. The number of aromatic nitrogens is 2. The molecule has 0 saturated heterocycles. The molecule has 0 fully saturated rings. The lowest BCUT2D eigenvalue weighted by molar-refractivity contribution is -0.385. The number of carbonyl (C=O) groups excluding carboxylic acids is 1. The zero-order chi connectivity index (χ0) is 17.0. The molecule has 0 aliphatic carbocycles. The molecule has 1 heterocycles. The van der Waals surface area contributed by atoms with E-state index in [1.165, 1.54) is 31.2 Å². The number of H-pyrrole nitrogens is 1. The molecule has 1 atom stereocenters. The quantitative estimate of drug-likeness (QED) is 0.624. The van der Waals surface area contributed by atoms with Crippen molar-refractivity contribution < 1.29 is 18.8 Å². The summed E-state index contributed by atoms with van der Waals surface area (Å²) in [6.07, 6.45) is -0.413. The van der Waals surface area contributed by atoms with Gasteiger partial charge in [-0.2, -0.15) is 5.10 Å². The van der Waals surface area contributed by atoms with Crippen LogP contribution in [0.25, 0.3) is 0 Å². The van der Waals surface area contributed by atoms with Gasteiger partial charge >= 0.3 is 5.69 Å². The van der Waals surface area contributed by atoms with E-state index in [1.807, 2.05) is 0 Å². The molecule has 2 rings (SSSR count). The highest BCUT2D eigenvalue weighted by Crippen LogP contribution is 2.19. The van der Waals surface area contributed by atoms with Gasteiger partial charge in [-0.05, 0) is 38.1 Å². The lowest BCUT2D eigenvalue weighted by Gasteiger charge is -2.15. The van der Waals surface area contributed by atoms with Crippen molar-refractivity contribution in [2.45, 2.75) is 20.0 Å². The Morgan fingerprint density at radius 2 is 2.13 bits per heavy atom. The van der Waals surface area contributed by atoms with Crippen molar-refractivity contribution >= 4 is 11.6 Å². The van der Waals surface area contributed by atoms with E-state index in [1.54, 1.807) is 6.92 Å². The monoisotopic (exact) mass is 322 g/mol. The fourth-order valence-corrected chi connectivity index (χ4v) is 1.91. The fraction of sp³-hybridized carbons (Fsp3) is 0.286. The molecule has 122 valence electrons. The third-order valence-corrected chi connectivity index (χ3v) is 3.01. The topological polar surface area (TPSA) is 110 Å². The predicted molar refractivity (Wildman–Crippen MR) is 78.8 cm³/mol. The van der Waals surface area contributed by atoms with Crippen LogP contribution in [0.4, 0.5) is 10.1 Å². The second-order valence-electron chi connectivity index (χ2n) is 4.90. The highest BCUT2D eigenvalue weighted by atomic mass is 19.1. The van der Waals surface area contributed by atoms with E-state index < -0.39 is 16.9 Å². The summed E-state index contributed by atoms with van der Waals surface area (Å²) >= 11 is 0. The van der Waals surface area contributed by atoms with Crippen molar-refractivity contribution in [3.8, 4) is 5.75 Å². The third-order valence-electron chi connectivity index (χ3n) is 3.01. The molecule has 0 aliphatic heterocycles. The Morgan fingerprint density at radius 1 is 1.48 bits per heavy atom. The van der Waals surface area contributed by atoms with Crippen molar-refractivity contribution in [1.82, 2.24) is 15.5 Å². The smallest absolute Gasteiger partial charge is 0.322 e. The number of aryl methyl sites for hydroxylation is 1. The third kappa shape index (κ3) is 4.02.